The number of para-hydroxylation sites is 2. The van der Waals surface area contributed by atoms with Crippen molar-refractivity contribution in [1.82, 2.24) is 9.55 Å². The standard InChI is InChI=1S/C22H19N3O4S/c1-13-18-21(23-12-25(2)22(18)27)30-19(13)20(26)24-14-8-10-15(11-9-14)29-17-7-5-4-6-16(17)28-3/h4-12H,1-3H3,(H,24,26). The van der Waals surface area contributed by atoms with E-state index in [0.717, 1.165) is 0 Å². The van der Waals surface area contributed by atoms with Gasteiger partial charge in [-0.3, -0.25) is 9.59 Å². The summed E-state index contributed by atoms with van der Waals surface area (Å²) in [4.78, 5) is 30.4. The summed E-state index contributed by atoms with van der Waals surface area (Å²) in [5.74, 6) is 1.57. The first-order valence-electron chi connectivity index (χ1n) is 9.15. The van der Waals surface area contributed by atoms with Crippen LogP contribution in [0.5, 0.6) is 17.2 Å². The SMILES string of the molecule is COc1ccccc1Oc1ccc(NC(=O)c2sc3ncn(C)c(=O)c3c2C)cc1. The minimum atomic E-state index is -0.282. The molecule has 0 fully saturated rings. The number of aryl methyl sites for hydroxylation is 2. The van der Waals surface area contributed by atoms with Gasteiger partial charge < -0.3 is 19.4 Å². The van der Waals surface area contributed by atoms with Crippen LogP contribution in [0.3, 0.4) is 0 Å². The van der Waals surface area contributed by atoms with Gasteiger partial charge in [-0.15, -0.1) is 11.3 Å². The number of fused-ring (bicyclic) bond motifs is 1. The first-order valence-corrected chi connectivity index (χ1v) is 9.96. The minimum absolute atomic E-state index is 0.161. The molecule has 0 spiro atoms. The summed E-state index contributed by atoms with van der Waals surface area (Å²) < 4.78 is 12.5. The molecule has 0 aliphatic rings. The van der Waals surface area contributed by atoms with E-state index in [1.54, 1.807) is 45.3 Å². The predicted octanol–water partition coefficient (Wildman–Crippen LogP) is 4.36. The highest BCUT2D eigenvalue weighted by Crippen LogP contribution is 2.32. The number of nitrogens with one attached hydrogen (secondary N) is 1. The number of benzene rings is 2. The Labute approximate surface area is 176 Å². The van der Waals surface area contributed by atoms with Crippen LogP contribution >= 0.6 is 11.3 Å². The molecule has 0 bridgehead atoms. The van der Waals surface area contributed by atoms with Crippen molar-refractivity contribution in [1.29, 1.82) is 0 Å². The van der Waals surface area contributed by atoms with Crippen LogP contribution in [-0.4, -0.2) is 22.6 Å². The van der Waals surface area contributed by atoms with Crippen molar-refractivity contribution in [2.45, 2.75) is 6.92 Å². The van der Waals surface area contributed by atoms with E-state index in [1.807, 2.05) is 24.3 Å². The summed E-state index contributed by atoms with van der Waals surface area (Å²) >= 11 is 1.21. The zero-order valence-corrected chi connectivity index (χ0v) is 17.4. The molecule has 2 heterocycles. The van der Waals surface area contributed by atoms with E-state index in [1.165, 1.54) is 22.2 Å². The third-order valence-electron chi connectivity index (χ3n) is 4.63. The molecule has 0 aliphatic heterocycles. The van der Waals surface area contributed by atoms with Gasteiger partial charge in [-0.2, -0.15) is 0 Å². The van der Waals surface area contributed by atoms with Gasteiger partial charge in [0.15, 0.2) is 11.5 Å². The van der Waals surface area contributed by atoms with Crippen molar-refractivity contribution in [2.24, 2.45) is 7.05 Å². The summed E-state index contributed by atoms with van der Waals surface area (Å²) in [5.41, 5.74) is 1.09. The molecule has 1 amide bonds. The molecule has 0 unspecified atom stereocenters. The molecule has 152 valence electrons. The molecule has 30 heavy (non-hydrogen) atoms. The molecule has 2 aromatic carbocycles. The Bertz CT molecular complexity index is 1290. The lowest BCUT2D eigenvalue weighted by Crippen LogP contribution is -2.17. The fourth-order valence-corrected chi connectivity index (χ4v) is 4.08. The van der Waals surface area contributed by atoms with Gasteiger partial charge in [0.2, 0.25) is 0 Å². The van der Waals surface area contributed by atoms with E-state index in [-0.39, 0.29) is 11.5 Å². The maximum atomic E-state index is 12.8. The van der Waals surface area contributed by atoms with Crippen molar-refractivity contribution >= 4 is 33.1 Å². The molecule has 4 aromatic rings. The summed E-state index contributed by atoms with van der Waals surface area (Å²) in [6.07, 6.45) is 1.46. The molecule has 0 atom stereocenters. The number of nitrogens with zero attached hydrogens (tertiary/aromatic N) is 2. The number of anilines is 1. The van der Waals surface area contributed by atoms with Gasteiger partial charge in [-0.05, 0) is 48.9 Å². The highest BCUT2D eigenvalue weighted by atomic mass is 32.1. The number of hydrogen-bond acceptors (Lipinski definition) is 6. The van der Waals surface area contributed by atoms with Crippen molar-refractivity contribution in [3.05, 3.63) is 75.7 Å². The van der Waals surface area contributed by atoms with Gasteiger partial charge in [0, 0.05) is 12.7 Å². The molecule has 8 heteroatoms. The number of thiophene rings is 1. The van der Waals surface area contributed by atoms with Crippen LogP contribution in [0.1, 0.15) is 15.2 Å². The van der Waals surface area contributed by atoms with Gasteiger partial charge in [-0.1, -0.05) is 12.1 Å². The maximum absolute atomic E-state index is 12.8. The van der Waals surface area contributed by atoms with Crippen molar-refractivity contribution < 1.29 is 14.3 Å². The minimum Gasteiger partial charge on any atom is -0.493 e. The third kappa shape index (κ3) is 3.65. The van der Waals surface area contributed by atoms with Gasteiger partial charge in [0.25, 0.3) is 11.5 Å². The summed E-state index contributed by atoms with van der Waals surface area (Å²) in [7, 11) is 3.22. The quantitative estimate of drug-likeness (QED) is 0.518. The molecule has 0 saturated carbocycles. The third-order valence-corrected chi connectivity index (χ3v) is 5.82. The Morgan fingerprint density at radius 1 is 1.10 bits per heavy atom. The van der Waals surface area contributed by atoms with Gasteiger partial charge >= 0.3 is 0 Å². The molecular formula is C22H19N3O4S. The number of rotatable bonds is 5. The average Bonchev–Trinajstić information content (AvgIpc) is 3.10. The van der Waals surface area contributed by atoms with Crippen molar-refractivity contribution in [2.75, 3.05) is 12.4 Å². The molecule has 0 aliphatic carbocycles. The summed E-state index contributed by atoms with van der Waals surface area (Å²) in [6, 6.07) is 14.4. The van der Waals surface area contributed by atoms with Gasteiger partial charge in [0.05, 0.1) is 23.7 Å². The van der Waals surface area contributed by atoms with Crippen LogP contribution in [-0.2, 0) is 7.05 Å². The lowest BCUT2D eigenvalue weighted by atomic mass is 10.2. The van der Waals surface area contributed by atoms with Crippen LogP contribution in [0.25, 0.3) is 10.2 Å². The summed E-state index contributed by atoms with van der Waals surface area (Å²) in [5, 5.41) is 3.34. The van der Waals surface area contributed by atoms with Gasteiger partial charge in [0.1, 0.15) is 10.6 Å². The highest BCUT2D eigenvalue weighted by molar-refractivity contribution is 7.20. The maximum Gasteiger partial charge on any atom is 0.266 e. The number of ether oxygens (including phenoxy) is 2. The first kappa shape index (κ1) is 19.7. The van der Waals surface area contributed by atoms with Gasteiger partial charge in [-0.25, -0.2) is 4.98 Å². The van der Waals surface area contributed by atoms with Crippen LogP contribution in [0.15, 0.2) is 59.7 Å². The highest BCUT2D eigenvalue weighted by Gasteiger charge is 2.19. The van der Waals surface area contributed by atoms with Crippen LogP contribution < -0.4 is 20.3 Å². The van der Waals surface area contributed by atoms with Crippen molar-refractivity contribution in [3.8, 4) is 17.2 Å². The Morgan fingerprint density at radius 2 is 1.80 bits per heavy atom. The number of aromatic nitrogens is 2. The fourth-order valence-electron chi connectivity index (χ4n) is 3.05. The molecule has 4 rings (SSSR count). The number of carbonyl (C=O) groups excluding carboxylic acids is 1. The van der Waals surface area contributed by atoms with E-state index < -0.39 is 0 Å². The zero-order chi connectivity index (χ0) is 21.3. The van der Waals surface area contributed by atoms with E-state index in [4.69, 9.17) is 9.47 Å². The largest absolute Gasteiger partial charge is 0.493 e. The monoisotopic (exact) mass is 421 g/mol. The Morgan fingerprint density at radius 3 is 2.50 bits per heavy atom. The van der Waals surface area contributed by atoms with Crippen LogP contribution in [0.4, 0.5) is 5.69 Å². The number of hydrogen-bond donors (Lipinski definition) is 1. The molecule has 7 nitrogen and oxygen atoms in total. The lowest BCUT2D eigenvalue weighted by molar-refractivity contribution is 0.103. The number of methoxy groups -OCH3 is 1. The summed E-state index contributed by atoms with van der Waals surface area (Å²) in [6.45, 7) is 1.76. The second kappa shape index (κ2) is 8.00. The lowest BCUT2D eigenvalue weighted by Gasteiger charge is -2.10. The predicted molar refractivity (Wildman–Crippen MR) is 117 cm³/mol. The molecule has 2 aromatic heterocycles. The number of amides is 1. The van der Waals surface area contributed by atoms with E-state index in [9.17, 15) is 9.59 Å². The zero-order valence-electron chi connectivity index (χ0n) is 16.6. The number of carbonyl (C=O) groups is 1. The second-order valence-electron chi connectivity index (χ2n) is 6.63. The van der Waals surface area contributed by atoms with Crippen LogP contribution in [0.2, 0.25) is 0 Å². The molecule has 0 saturated heterocycles. The van der Waals surface area contributed by atoms with E-state index in [0.29, 0.717) is 43.6 Å². The molecule has 0 radical (unpaired) electrons. The van der Waals surface area contributed by atoms with E-state index >= 15 is 0 Å². The van der Waals surface area contributed by atoms with E-state index in [2.05, 4.69) is 10.3 Å². The Balaban J connectivity index is 1.53. The normalized spacial score (nSPS) is 10.8. The fraction of sp³-hybridized carbons (Fsp3) is 0.136. The smallest absolute Gasteiger partial charge is 0.266 e. The van der Waals surface area contributed by atoms with Crippen molar-refractivity contribution in [3.63, 3.8) is 0 Å². The molecule has 1 N–H and O–H groups in total. The van der Waals surface area contributed by atoms with Crippen LogP contribution in [0, 0.1) is 6.92 Å². The first-order chi connectivity index (χ1) is 14.5. The Kier molecular flexibility index (Phi) is 5.24. The average molecular weight is 421 g/mol. The molecular weight excluding hydrogens is 402 g/mol. The Hall–Kier alpha value is -3.65. The topological polar surface area (TPSA) is 82.4 Å². The second-order valence-corrected chi connectivity index (χ2v) is 7.63.